The zero-order valence-electron chi connectivity index (χ0n) is 29.4. The highest BCUT2D eigenvalue weighted by Gasteiger charge is 2.43. The number of likely N-dealkylation sites (tertiary alicyclic amines) is 1. The van der Waals surface area contributed by atoms with Crippen LogP contribution in [0.25, 0.3) is 0 Å². The molecule has 2 aromatic rings. The molecule has 10 nitrogen and oxygen atoms in total. The Kier molecular flexibility index (Phi) is 12.9. The molecule has 4 atom stereocenters. The van der Waals surface area contributed by atoms with Crippen molar-refractivity contribution in [1.29, 1.82) is 0 Å². The number of nitrogens with two attached hydrogens (primary N) is 1. The maximum atomic E-state index is 14.0. The first kappa shape index (κ1) is 36.5. The number of hydrogen-bond acceptors (Lipinski definition) is 8. The van der Waals surface area contributed by atoms with Gasteiger partial charge in [-0.05, 0) is 67.0 Å². The molecule has 4 rings (SSSR count). The van der Waals surface area contributed by atoms with Gasteiger partial charge in [0, 0.05) is 51.2 Å². The molecule has 260 valence electrons. The molecule has 1 fully saturated rings. The van der Waals surface area contributed by atoms with E-state index < -0.39 is 11.5 Å². The molecule has 2 heterocycles. The zero-order valence-corrected chi connectivity index (χ0v) is 29.4. The summed E-state index contributed by atoms with van der Waals surface area (Å²) in [7, 11) is 5.04. The van der Waals surface area contributed by atoms with E-state index in [1.807, 2.05) is 36.9 Å². The average molecular weight is 653 g/mol. The number of carbonyl (C=O) groups excluding carboxylic acids is 2. The lowest BCUT2D eigenvalue weighted by Crippen LogP contribution is -2.58. The number of anilines is 1. The van der Waals surface area contributed by atoms with Crippen molar-refractivity contribution in [3.63, 3.8) is 0 Å². The van der Waals surface area contributed by atoms with Crippen LogP contribution in [0.15, 0.2) is 42.5 Å². The van der Waals surface area contributed by atoms with Gasteiger partial charge in [0.25, 0.3) is 0 Å². The van der Waals surface area contributed by atoms with E-state index in [0.717, 1.165) is 47.8 Å². The molecule has 0 radical (unpaired) electrons. The fourth-order valence-electron chi connectivity index (χ4n) is 6.96. The maximum Gasteiger partial charge on any atom is 0.239 e. The second-order valence-electron chi connectivity index (χ2n) is 14.0. The third kappa shape index (κ3) is 9.39. The molecule has 0 spiro atoms. The largest absolute Gasteiger partial charge is 0.497 e. The monoisotopic (exact) mass is 652 g/mol. The standard InChI is InChI=1S/C37H56N4O6/c1-25(2)19-31(38)35(42)41-23-34(47-24-26-9-14-33-32(20-26)40(16-18-46-33)15-8-17-44-6)30(27-10-12-29(45-7)13-11-27)21-28(41)22-37(3,4)36(43)39-5/h9-14,20,25,28,30-31,34H,8,15-19,21-24,38H2,1-7H3,(H,39,43)/t28-,30+,31-,34-/m0/s1. The lowest BCUT2D eigenvalue weighted by molar-refractivity contribution is -0.145. The van der Waals surface area contributed by atoms with Gasteiger partial charge in [-0.2, -0.15) is 0 Å². The van der Waals surface area contributed by atoms with Gasteiger partial charge < -0.3 is 39.8 Å². The Hall–Kier alpha value is -3.34. The summed E-state index contributed by atoms with van der Waals surface area (Å²) >= 11 is 0. The number of ether oxygens (including phenoxy) is 4. The van der Waals surface area contributed by atoms with Crippen molar-refractivity contribution in [1.82, 2.24) is 10.2 Å². The van der Waals surface area contributed by atoms with Crippen molar-refractivity contribution in [2.24, 2.45) is 17.1 Å². The molecule has 2 aromatic carbocycles. The van der Waals surface area contributed by atoms with Crippen LogP contribution in [0.2, 0.25) is 0 Å². The number of nitrogens with zero attached hydrogens (tertiary/aromatic N) is 2. The van der Waals surface area contributed by atoms with Crippen LogP contribution in [0.5, 0.6) is 11.5 Å². The Morgan fingerprint density at radius 3 is 2.53 bits per heavy atom. The van der Waals surface area contributed by atoms with Gasteiger partial charge in [-0.15, -0.1) is 0 Å². The minimum absolute atomic E-state index is 0.0109. The number of methoxy groups -OCH3 is 2. The summed E-state index contributed by atoms with van der Waals surface area (Å²) in [6.45, 7) is 11.9. The zero-order chi connectivity index (χ0) is 34.1. The van der Waals surface area contributed by atoms with E-state index in [1.54, 1.807) is 21.3 Å². The minimum atomic E-state index is -0.682. The van der Waals surface area contributed by atoms with Gasteiger partial charge in [-0.3, -0.25) is 9.59 Å². The van der Waals surface area contributed by atoms with Crippen LogP contribution < -0.4 is 25.4 Å². The summed E-state index contributed by atoms with van der Waals surface area (Å²) in [6.07, 6.45) is 2.39. The van der Waals surface area contributed by atoms with Crippen molar-refractivity contribution in [2.75, 3.05) is 59.0 Å². The van der Waals surface area contributed by atoms with Gasteiger partial charge >= 0.3 is 0 Å². The topological polar surface area (TPSA) is 116 Å². The van der Waals surface area contributed by atoms with E-state index >= 15 is 0 Å². The molecule has 0 aliphatic carbocycles. The van der Waals surface area contributed by atoms with E-state index in [1.165, 1.54) is 0 Å². The smallest absolute Gasteiger partial charge is 0.239 e. The number of carbonyl (C=O) groups is 2. The summed E-state index contributed by atoms with van der Waals surface area (Å²) in [6, 6.07) is 13.5. The average Bonchev–Trinajstić information content (AvgIpc) is 3.06. The molecule has 3 N–H and O–H groups in total. The Bertz CT molecular complexity index is 1320. The lowest BCUT2D eigenvalue weighted by atomic mass is 9.76. The first-order valence-corrected chi connectivity index (χ1v) is 17.0. The van der Waals surface area contributed by atoms with Crippen LogP contribution in [-0.4, -0.2) is 89.0 Å². The summed E-state index contributed by atoms with van der Waals surface area (Å²) in [5.74, 6) is 1.79. The van der Waals surface area contributed by atoms with E-state index in [9.17, 15) is 9.59 Å². The molecule has 0 aromatic heterocycles. The molecular formula is C37H56N4O6. The van der Waals surface area contributed by atoms with Gasteiger partial charge in [0.05, 0.1) is 38.1 Å². The Balaban J connectivity index is 1.64. The van der Waals surface area contributed by atoms with Crippen molar-refractivity contribution >= 4 is 17.5 Å². The fraction of sp³-hybridized carbons (Fsp3) is 0.622. The number of hydrogen-bond donors (Lipinski definition) is 2. The number of benzene rings is 2. The molecule has 2 amide bonds. The first-order chi connectivity index (χ1) is 22.5. The van der Waals surface area contributed by atoms with Crippen LogP contribution in [0.1, 0.15) is 70.4 Å². The fourth-order valence-corrected chi connectivity index (χ4v) is 6.96. The van der Waals surface area contributed by atoms with Crippen molar-refractivity contribution < 1.29 is 28.5 Å². The second kappa shape index (κ2) is 16.7. The predicted molar refractivity (Wildman–Crippen MR) is 185 cm³/mol. The van der Waals surface area contributed by atoms with Gasteiger partial charge in [-0.25, -0.2) is 0 Å². The number of amides is 2. The van der Waals surface area contributed by atoms with Crippen LogP contribution in [-0.2, 0) is 25.7 Å². The molecule has 0 saturated carbocycles. The summed E-state index contributed by atoms with van der Waals surface area (Å²) in [4.78, 5) is 31.2. The summed E-state index contributed by atoms with van der Waals surface area (Å²) in [5, 5.41) is 2.81. The molecule has 10 heteroatoms. The molecule has 2 aliphatic heterocycles. The second-order valence-corrected chi connectivity index (χ2v) is 14.0. The molecule has 47 heavy (non-hydrogen) atoms. The van der Waals surface area contributed by atoms with Crippen LogP contribution >= 0.6 is 0 Å². The van der Waals surface area contributed by atoms with Crippen molar-refractivity contribution in [2.45, 2.75) is 84.1 Å². The Morgan fingerprint density at radius 1 is 1.13 bits per heavy atom. The molecule has 0 bridgehead atoms. The minimum Gasteiger partial charge on any atom is -0.497 e. The van der Waals surface area contributed by atoms with Gasteiger partial charge in [0.15, 0.2) is 0 Å². The highest BCUT2D eigenvalue weighted by atomic mass is 16.5. The van der Waals surface area contributed by atoms with Crippen LogP contribution in [0.4, 0.5) is 5.69 Å². The maximum absolute atomic E-state index is 14.0. The summed E-state index contributed by atoms with van der Waals surface area (Å²) < 4.78 is 23.5. The Morgan fingerprint density at radius 2 is 1.87 bits per heavy atom. The first-order valence-electron chi connectivity index (χ1n) is 17.0. The lowest BCUT2D eigenvalue weighted by Gasteiger charge is -2.47. The van der Waals surface area contributed by atoms with Crippen LogP contribution in [0.3, 0.4) is 0 Å². The van der Waals surface area contributed by atoms with Gasteiger partial charge in [0.2, 0.25) is 11.8 Å². The van der Waals surface area contributed by atoms with E-state index in [-0.39, 0.29) is 35.8 Å². The van der Waals surface area contributed by atoms with Crippen molar-refractivity contribution in [3.05, 3.63) is 53.6 Å². The number of rotatable bonds is 15. The molecule has 1 saturated heterocycles. The van der Waals surface area contributed by atoms with Gasteiger partial charge in [0.1, 0.15) is 18.1 Å². The quantitative estimate of drug-likeness (QED) is 0.266. The highest BCUT2D eigenvalue weighted by Crippen LogP contribution is 2.40. The normalized spacial score (nSPS) is 20.4. The summed E-state index contributed by atoms with van der Waals surface area (Å²) in [5.41, 5.74) is 9.06. The van der Waals surface area contributed by atoms with Crippen LogP contribution in [0, 0.1) is 11.3 Å². The number of nitrogens with one attached hydrogen (secondary N) is 1. The Labute approximate surface area is 281 Å². The number of piperidine rings is 1. The van der Waals surface area contributed by atoms with E-state index in [4.69, 9.17) is 24.7 Å². The molecular weight excluding hydrogens is 596 g/mol. The predicted octanol–water partition coefficient (Wildman–Crippen LogP) is 4.74. The third-order valence-electron chi connectivity index (χ3n) is 9.47. The van der Waals surface area contributed by atoms with Crippen molar-refractivity contribution in [3.8, 4) is 11.5 Å². The molecule has 0 unspecified atom stereocenters. The van der Waals surface area contributed by atoms with E-state index in [0.29, 0.717) is 45.6 Å². The molecule has 2 aliphatic rings. The number of fused-ring (bicyclic) bond motifs is 1. The SMILES string of the molecule is CNC(=O)C(C)(C)C[C@@H]1C[C@H](c2ccc(OC)cc2)[C@@H](OCc2ccc3c(c2)N(CCCOC)CCO3)CN1C(=O)[C@@H](N)CC(C)C. The third-order valence-corrected chi connectivity index (χ3v) is 9.47. The highest BCUT2D eigenvalue weighted by molar-refractivity contribution is 5.83. The van der Waals surface area contributed by atoms with Gasteiger partial charge in [-0.1, -0.05) is 45.9 Å². The van der Waals surface area contributed by atoms with E-state index in [2.05, 4.69) is 48.3 Å².